The molecular formula is C33H41FN6O. The number of aromatic nitrogens is 2. The highest BCUT2D eigenvalue weighted by atomic mass is 19.1. The number of benzene rings is 2. The Bertz CT molecular complexity index is 1580. The van der Waals surface area contributed by atoms with E-state index in [1.165, 1.54) is 12.5 Å². The third-order valence-electron chi connectivity index (χ3n) is 10.8. The molecule has 1 aromatic heterocycles. The van der Waals surface area contributed by atoms with E-state index in [-0.39, 0.29) is 11.4 Å². The number of anilines is 1. The second-order valence-electron chi connectivity index (χ2n) is 13.6. The molecule has 2 N–H and O–H groups in total. The van der Waals surface area contributed by atoms with Crippen molar-refractivity contribution in [1.29, 1.82) is 0 Å². The maximum absolute atomic E-state index is 14.3. The summed E-state index contributed by atoms with van der Waals surface area (Å²) in [5.74, 6) is 2.79. The molecule has 5 fully saturated rings. The van der Waals surface area contributed by atoms with Crippen molar-refractivity contribution >= 4 is 22.5 Å². The number of aryl methyl sites for hydroxylation is 3. The molecule has 3 aromatic rings. The van der Waals surface area contributed by atoms with Crippen LogP contribution in [0.5, 0.6) is 0 Å². The molecule has 7 nitrogen and oxygen atoms in total. The van der Waals surface area contributed by atoms with Crippen LogP contribution >= 0.6 is 0 Å². The monoisotopic (exact) mass is 556 g/mol. The molecule has 8 rings (SSSR count). The van der Waals surface area contributed by atoms with Gasteiger partial charge in [0, 0.05) is 37.4 Å². The summed E-state index contributed by atoms with van der Waals surface area (Å²) in [6.45, 7) is 11.5. The molecule has 0 amide bonds. The van der Waals surface area contributed by atoms with Crippen LogP contribution in [0, 0.1) is 35.9 Å². The molecule has 2 saturated heterocycles. The van der Waals surface area contributed by atoms with Crippen molar-refractivity contribution in [2.24, 2.45) is 28.2 Å². The summed E-state index contributed by atoms with van der Waals surface area (Å²) in [5, 5.41) is 7.84. The maximum atomic E-state index is 14.3. The second-order valence-corrected chi connectivity index (χ2v) is 13.6. The lowest BCUT2D eigenvalue weighted by Crippen LogP contribution is -2.57. The number of hydrogen-bond donors (Lipinski definition) is 2. The predicted molar refractivity (Wildman–Crippen MR) is 162 cm³/mol. The van der Waals surface area contributed by atoms with Gasteiger partial charge in [0.2, 0.25) is 0 Å². The van der Waals surface area contributed by atoms with E-state index in [9.17, 15) is 9.18 Å². The molecule has 216 valence electrons. The molecule has 3 heterocycles. The average molecular weight is 557 g/mol. The summed E-state index contributed by atoms with van der Waals surface area (Å²) in [5.41, 5.74) is 3.36. The molecule has 8 heteroatoms. The van der Waals surface area contributed by atoms with Crippen molar-refractivity contribution < 1.29 is 4.39 Å². The molecule has 2 aromatic carbocycles. The van der Waals surface area contributed by atoms with Crippen LogP contribution in [-0.2, 0) is 13.0 Å². The predicted octanol–water partition coefficient (Wildman–Crippen LogP) is 4.97. The summed E-state index contributed by atoms with van der Waals surface area (Å²) in [6.07, 6.45) is 5.67. The van der Waals surface area contributed by atoms with E-state index in [2.05, 4.69) is 41.3 Å². The van der Waals surface area contributed by atoms with E-state index >= 15 is 0 Å². The quantitative estimate of drug-likeness (QED) is 0.343. The van der Waals surface area contributed by atoms with E-state index in [1.807, 2.05) is 31.2 Å². The van der Waals surface area contributed by atoms with Gasteiger partial charge in [-0.1, -0.05) is 32.9 Å². The molecule has 6 atom stereocenters. The molecular weight excluding hydrogens is 515 g/mol. The van der Waals surface area contributed by atoms with E-state index in [1.54, 1.807) is 17.0 Å². The molecule has 3 saturated carbocycles. The molecule has 41 heavy (non-hydrogen) atoms. The number of nitrogens with zero attached hydrogens (tertiary/aromatic N) is 4. The Balaban J connectivity index is 1.13. The lowest BCUT2D eigenvalue weighted by molar-refractivity contribution is -0.108. The van der Waals surface area contributed by atoms with Crippen molar-refractivity contribution in [2.75, 3.05) is 18.4 Å². The lowest BCUT2D eigenvalue weighted by atomic mass is 9.45. The van der Waals surface area contributed by atoms with Gasteiger partial charge in [-0.05, 0) is 91.2 Å². The van der Waals surface area contributed by atoms with Gasteiger partial charge < -0.3 is 15.5 Å². The Morgan fingerprint density at radius 1 is 1.20 bits per heavy atom. The van der Waals surface area contributed by atoms with Crippen molar-refractivity contribution in [1.82, 2.24) is 19.8 Å². The Morgan fingerprint density at radius 2 is 2.05 bits per heavy atom. The minimum absolute atomic E-state index is 0.108. The van der Waals surface area contributed by atoms with Crippen LogP contribution in [0.15, 0.2) is 52.5 Å². The first-order chi connectivity index (χ1) is 19.7. The summed E-state index contributed by atoms with van der Waals surface area (Å²) >= 11 is 0. The van der Waals surface area contributed by atoms with Crippen LogP contribution in [0.1, 0.15) is 51.2 Å². The number of hydrogen-bond acceptors (Lipinski definition) is 4. The molecule has 0 radical (unpaired) electrons. The Hall–Kier alpha value is -3.26. The van der Waals surface area contributed by atoms with Crippen LogP contribution in [0.3, 0.4) is 0 Å². The highest BCUT2D eigenvalue weighted by Crippen LogP contribution is 2.61. The van der Waals surface area contributed by atoms with Gasteiger partial charge in [0.05, 0.1) is 23.3 Å². The van der Waals surface area contributed by atoms with Gasteiger partial charge in [0.25, 0.3) is 5.56 Å². The highest BCUT2D eigenvalue weighted by molar-refractivity contribution is 5.96. The molecule has 2 aliphatic heterocycles. The fraction of sp³-hybridized carbons (Fsp3) is 0.545. The van der Waals surface area contributed by atoms with Crippen molar-refractivity contribution in [3.63, 3.8) is 0 Å². The summed E-state index contributed by atoms with van der Waals surface area (Å²) in [4.78, 5) is 25.8. The number of halogens is 1. The summed E-state index contributed by atoms with van der Waals surface area (Å²) in [7, 11) is 0. The van der Waals surface area contributed by atoms with Gasteiger partial charge in [-0.25, -0.2) is 14.4 Å². The topological polar surface area (TPSA) is 74.6 Å². The SMILES string of the molecule is Cc1ccc(CCn2cnc3cc(NC(=N[C@H]4C[C@@H]5C[C@H]([C@@H]4C)C5(C)C)N4C[C@H]5CC4CN5)ccc3c2=O)c(F)c1. The fourth-order valence-corrected chi connectivity index (χ4v) is 8.07. The first-order valence-corrected chi connectivity index (χ1v) is 15.3. The number of guanidine groups is 1. The standard InChI is InChI=1S/C33H41FN6O/c1-19-5-6-21(28(34)11-19)9-10-39-18-36-30-15-23(7-8-26(30)31(39)41)37-32(40-17-24-14-25(40)16-35-24)38-29-13-22-12-27(20(29)2)33(22,3)4/h5-8,11,15,18,20,22,24-25,27,29,35H,9-10,12-14,16-17H2,1-4H3,(H,37,38)/t20-,22-,24+,25?,27+,29-/m0/s1. The molecule has 3 aliphatic carbocycles. The molecule has 5 aliphatic rings. The number of fused-ring (bicyclic) bond motifs is 5. The smallest absolute Gasteiger partial charge is 0.261 e. The number of aliphatic imine (C=N–C) groups is 1. The normalized spacial score (nSPS) is 30.1. The van der Waals surface area contributed by atoms with Gasteiger partial charge in [-0.2, -0.15) is 0 Å². The van der Waals surface area contributed by atoms with E-state index < -0.39 is 0 Å². The fourth-order valence-electron chi connectivity index (χ4n) is 8.07. The molecule has 1 unspecified atom stereocenters. The van der Waals surface area contributed by atoms with Gasteiger partial charge in [-0.3, -0.25) is 9.36 Å². The van der Waals surface area contributed by atoms with Gasteiger partial charge in [0.15, 0.2) is 5.96 Å². The van der Waals surface area contributed by atoms with Crippen LogP contribution < -0.4 is 16.2 Å². The minimum Gasteiger partial charge on any atom is -0.337 e. The number of likely N-dealkylation sites (tertiary alicyclic amines) is 1. The van der Waals surface area contributed by atoms with E-state index in [0.29, 0.717) is 58.9 Å². The zero-order valence-electron chi connectivity index (χ0n) is 24.5. The van der Waals surface area contributed by atoms with Crippen LogP contribution in [0.2, 0.25) is 0 Å². The van der Waals surface area contributed by atoms with Crippen molar-refractivity contribution in [2.45, 2.75) is 78.0 Å². The minimum atomic E-state index is -0.231. The number of rotatable bonds is 5. The Morgan fingerprint density at radius 3 is 2.76 bits per heavy atom. The first-order valence-electron chi connectivity index (χ1n) is 15.3. The Labute approximate surface area is 241 Å². The van der Waals surface area contributed by atoms with Gasteiger partial charge >= 0.3 is 0 Å². The summed E-state index contributed by atoms with van der Waals surface area (Å²) in [6, 6.07) is 12.3. The maximum Gasteiger partial charge on any atom is 0.261 e. The molecule has 4 bridgehead atoms. The average Bonchev–Trinajstić information content (AvgIpc) is 3.58. The van der Waals surface area contributed by atoms with Crippen LogP contribution in [-0.4, -0.2) is 51.6 Å². The third kappa shape index (κ3) is 4.64. The third-order valence-corrected chi connectivity index (χ3v) is 10.8. The second kappa shape index (κ2) is 9.93. The lowest BCUT2D eigenvalue weighted by Gasteiger charge is -2.61. The first kappa shape index (κ1) is 26.6. The summed E-state index contributed by atoms with van der Waals surface area (Å²) < 4.78 is 15.9. The van der Waals surface area contributed by atoms with Gasteiger partial charge in [0.1, 0.15) is 5.82 Å². The van der Waals surface area contributed by atoms with Gasteiger partial charge in [-0.15, -0.1) is 0 Å². The zero-order chi connectivity index (χ0) is 28.5. The van der Waals surface area contributed by atoms with Crippen molar-refractivity contribution in [3.8, 4) is 0 Å². The largest absolute Gasteiger partial charge is 0.337 e. The van der Waals surface area contributed by atoms with Crippen molar-refractivity contribution in [3.05, 3.63) is 70.0 Å². The van der Waals surface area contributed by atoms with E-state index in [4.69, 9.17) is 4.99 Å². The number of piperazine rings is 1. The van der Waals surface area contributed by atoms with Crippen LogP contribution in [0.4, 0.5) is 10.1 Å². The highest BCUT2D eigenvalue weighted by Gasteiger charge is 2.56. The zero-order valence-corrected chi connectivity index (χ0v) is 24.5. The Kier molecular flexibility index (Phi) is 6.45. The molecule has 0 spiro atoms. The van der Waals surface area contributed by atoms with E-state index in [0.717, 1.165) is 55.0 Å². The number of nitrogens with one attached hydrogen (secondary N) is 2. The van der Waals surface area contributed by atoms with Crippen LogP contribution in [0.25, 0.3) is 10.9 Å².